The van der Waals surface area contributed by atoms with E-state index in [-0.39, 0.29) is 5.91 Å². The van der Waals surface area contributed by atoms with Crippen molar-refractivity contribution in [1.29, 1.82) is 0 Å². The molecule has 1 heterocycles. The molecule has 0 fully saturated rings. The van der Waals surface area contributed by atoms with Crippen molar-refractivity contribution in [2.45, 2.75) is 0 Å². The zero-order valence-corrected chi connectivity index (χ0v) is 7.42. The van der Waals surface area contributed by atoms with E-state index in [0.717, 1.165) is 10.4 Å². The third-order valence-corrected chi connectivity index (χ3v) is 1.84. The molecule has 68 valence electrons. The number of nitrogens with zero attached hydrogens (tertiary/aromatic N) is 2. The molecule has 0 bridgehead atoms. The smallest absolute Gasteiger partial charge is 0.267 e. The summed E-state index contributed by atoms with van der Waals surface area (Å²) in [7, 11) is 0. The minimum atomic E-state index is -0.265. The molecule has 0 radical (unpaired) electrons. The number of aliphatic imine (C=N–C) groups is 2. The monoisotopic (exact) mass is 184 g/mol. The Labute approximate surface area is 80.8 Å². The van der Waals surface area contributed by atoms with Crippen molar-refractivity contribution in [2.75, 3.05) is 0 Å². The van der Waals surface area contributed by atoms with Crippen LogP contribution in [0.5, 0.6) is 0 Å². The number of carbonyl (C=O) groups is 1. The van der Waals surface area contributed by atoms with Crippen LogP contribution in [0, 0.1) is 0 Å². The zero-order chi connectivity index (χ0) is 9.80. The average Bonchev–Trinajstić information content (AvgIpc) is 2.27. The van der Waals surface area contributed by atoms with E-state index < -0.39 is 0 Å². The van der Waals surface area contributed by atoms with Crippen LogP contribution >= 0.6 is 0 Å². The van der Waals surface area contributed by atoms with Crippen LogP contribution in [0.4, 0.5) is 0 Å². The number of benzene rings is 1. The fraction of sp³-hybridized carbons (Fsp3) is 0. The second-order valence-electron chi connectivity index (χ2n) is 2.82. The van der Waals surface area contributed by atoms with E-state index in [1.165, 1.54) is 18.5 Å². The number of hydrogen-bond donors (Lipinski definition) is 0. The van der Waals surface area contributed by atoms with Gasteiger partial charge >= 0.3 is 0 Å². The summed E-state index contributed by atoms with van der Waals surface area (Å²) in [5.41, 5.74) is 0. The van der Waals surface area contributed by atoms with Gasteiger partial charge in [-0.15, -0.1) is 0 Å². The van der Waals surface area contributed by atoms with Gasteiger partial charge in [0.15, 0.2) is 0 Å². The molecule has 0 atom stereocenters. The van der Waals surface area contributed by atoms with Gasteiger partial charge in [0.1, 0.15) is 0 Å². The Hall–Kier alpha value is -2.03. The normalized spacial score (nSPS) is 19.3. The van der Waals surface area contributed by atoms with E-state index in [0.29, 0.717) is 0 Å². The fourth-order valence-electron chi connectivity index (χ4n) is 1.20. The Kier molecular flexibility index (Phi) is 2.32. The van der Waals surface area contributed by atoms with Crippen LogP contribution in [-0.2, 0) is 4.79 Å². The van der Waals surface area contributed by atoms with Gasteiger partial charge in [-0.1, -0.05) is 24.3 Å². The van der Waals surface area contributed by atoms with Gasteiger partial charge in [0, 0.05) is 29.9 Å². The zero-order valence-electron chi connectivity index (χ0n) is 7.42. The van der Waals surface area contributed by atoms with Gasteiger partial charge in [0.25, 0.3) is 5.91 Å². The van der Waals surface area contributed by atoms with Gasteiger partial charge in [0.05, 0.1) is 0 Å². The van der Waals surface area contributed by atoms with Crippen molar-refractivity contribution in [1.82, 2.24) is 0 Å². The maximum atomic E-state index is 11.2. The lowest BCUT2D eigenvalue weighted by atomic mass is 10.2. The summed E-state index contributed by atoms with van der Waals surface area (Å²) >= 11 is 0. The lowest BCUT2D eigenvalue weighted by Gasteiger charge is -1.86. The van der Waals surface area contributed by atoms with E-state index in [2.05, 4.69) is 9.98 Å². The van der Waals surface area contributed by atoms with E-state index in [1.807, 2.05) is 24.3 Å². The third-order valence-electron chi connectivity index (χ3n) is 1.84. The standard InChI is InChI=1S/C11H8N2O/c14-11-7-9-3-1-2-4-10(9)8-12-5-6-13-11/h1-8H/b9-7+,10-8-,12-5?,13-6?. The number of fused-ring (bicyclic) bond motifs is 1. The van der Waals surface area contributed by atoms with Crippen LogP contribution in [0.2, 0.25) is 0 Å². The summed E-state index contributed by atoms with van der Waals surface area (Å²) < 4.78 is 0. The predicted molar refractivity (Wildman–Crippen MR) is 56.6 cm³/mol. The van der Waals surface area contributed by atoms with Crippen LogP contribution in [0.25, 0.3) is 12.3 Å². The summed E-state index contributed by atoms with van der Waals surface area (Å²) in [6.07, 6.45) is 6.09. The number of carbonyl (C=O) groups excluding carboxylic acids is 1. The molecule has 1 aliphatic heterocycles. The Morgan fingerprint density at radius 1 is 1.00 bits per heavy atom. The molecular formula is C11H8N2O. The first-order valence-electron chi connectivity index (χ1n) is 4.23. The summed E-state index contributed by atoms with van der Waals surface area (Å²) in [4.78, 5) is 18.9. The number of amides is 1. The molecule has 0 saturated heterocycles. The van der Waals surface area contributed by atoms with Gasteiger partial charge in [0.2, 0.25) is 0 Å². The Balaban J connectivity index is 2.76. The van der Waals surface area contributed by atoms with Gasteiger partial charge in [-0.3, -0.25) is 9.79 Å². The summed E-state index contributed by atoms with van der Waals surface area (Å²) in [5, 5.41) is 1.76. The van der Waals surface area contributed by atoms with Crippen molar-refractivity contribution in [3.8, 4) is 0 Å². The quantitative estimate of drug-likeness (QED) is 0.554. The summed E-state index contributed by atoms with van der Waals surface area (Å²) in [6, 6.07) is 7.55. The van der Waals surface area contributed by atoms with Gasteiger partial charge < -0.3 is 0 Å². The van der Waals surface area contributed by atoms with Crippen LogP contribution < -0.4 is 10.4 Å². The first kappa shape index (κ1) is 8.56. The molecule has 0 saturated carbocycles. The Bertz CT molecular complexity index is 526. The molecule has 0 N–H and O–H groups in total. The van der Waals surface area contributed by atoms with Gasteiger partial charge in [-0.25, -0.2) is 4.99 Å². The lowest BCUT2D eigenvalue weighted by molar-refractivity contribution is -0.112. The first-order valence-corrected chi connectivity index (χ1v) is 4.23. The molecular weight excluding hydrogens is 176 g/mol. The van der Waals surface area contributed by atoms with Crippen molar-refractivity contribution in [3.63, 3.8) is 0 Å². The average molecular weight is 184 g/mol. The van der Waals surface area contributed by atoms with Crippen molar-refractivity contribution < 1.29 is 4.79 Å². The van der Waals surface area contributed by atoms with Crippen LogP contribution in [-0.4, -0.2) is 18.3 Å². The highest BCUT2D eigenvalue weighted by atomic mass is 16.1. The second kappa shape index (κ2) is 3.79. The van der Waals surface area contributed by atoms with Crippen LogP contribution in [0.1, 0.15) is 0 Å². The maximum Gasteiger partial charge on any atom is 0.270 e. The molecule has 2 rings (SSSR count). The van der Waals surface area contributed by atoms with Crippen molar-refractivity contribution in [2.24, 2.45) is 9.98 Å². The van der Waals surface area contributed by atoms with Crippen molar-refractivity contribution >= 4 is 30.6 Å². The molecule has 3 nitrogen and oxygen atoms in total. The summed E-state index contributed by atoms with van der Waals surface area (Å²) in [6.45, 7) is 0. The topological polar surface area (TPSA) is 41.8 Å². The predicted octanol–water partition coefficient (Wildman–Crippen LogP) is -0.113. The van der Waals surface area contributed by atoms with E-state index in [1.54, 1.807) is 6.20 Å². The third kappa shape index (κ3) is 1.82. The van der Waals surface area contributed by atoms with E-state index >= 15 is 0 Å². The highest BCUT2D eigenvalue weighted by Crippen LogP contribution is 1.80. The van der Waals surface area contributed by atoms with Crippen LogP contribution in [0.3, 0.4) is 0 Å². The largest absolute Gasteiger partial charge is 0.270 e. The van der Waals surface area contributed by atoms with E-state index in [9.17, 15) is 4.79 Å². The lowest BCUT2D eigenvalue weighted by Crippen LogP contribution is -2.24. The molecule has 0 spiro atoms. The Morgan fingerprint density at radius 3 is 2.64 bits per heavy atom. The fourth-order valence-corrected chi connectivity index (χ4v) is 1.20. The van der Waals surface area contributed by atoms with Gasteiger partial charge in [-0.2, -0.15) is 0 Å². The second-order valence-corrected chi connectivity index (χ2v) is 2.82. The number of hydrogen-bond acceptors (Lipinski definition) is 2. The molecule has 0 aliphatic carbocycles. The molecule has 1 aromatic rings. The van der Waals surface area contributed by atoms with Crippen molar-refractivity contribution in [3.05, 3.63) is 34.7 Å². The van der Waals surface area contributed by atoms with E-state index in [4.69, 9.17) is 0 Å². The summed E-state index contributed by atoms with van der Waals surface area (Å²) in [5.74, 6) is -0.265. The molecule has 1 amide bonds. The molecule has 0 unspecified atom stereocenters. The number of rotatable bonds is 0. The first-order chi connectivity index (χ1) is 6.86. The Morgan fingerprint density at radius 2 is 1.79 bits per heavy atom. The molecule has 14 heavy (non-hydrogen) atoms. The highest BCUT2D eigenvalue weighted by molar-refractivity contribution is 6.22. The molecule has 1 aromatic carbocycles. The molecule has 1 aliphatic rings. The SMILES string of the molecule is O=C1/C=c2\cccc\c2=C\N=CC=N1. The molecule has 0 aromatic heterocycles. The van der Waals surface area contributed by atoms with Crippen LogP contribution in [0.15, 0.2) is 34.3 Å². The minimum Gasteiger partial charge on any atom is -0.267 e. The highest BCUT2D eigenvalue weighted by Gasteiger charge is 1.92. The van der Waals surface area contributed by atoms with Gasteiger partial charge in [-0.05, 0) is 5.22 Å². The minimum absolute atomic E-state index is 0.265. The maximum absolute atomic E-state index is 11.2. The molecule has 3 heteroatoms.